The molecule has 0 saturated carbocycles. The predicted octanol–water partition coefficient (Wildman–Crippen LogP) is 4.93. The fourth-order valence-electron chi connectivity index (χ4n) is 3.81. The van der Waals surface area contributed by atoms with Crippen molar-refractivity contribution >= 4 is 5.69 Å². The molecular formula is C20H20F3NO3. The summed E-state index contributed by atoms with van der Waals surface area (Å²) in [5.74, 6) is 1.22. The van der Waals surface area contributed by atoms with Crippen LogP contribution in [-0.2, 0) is 12.8 Å². The van der Waals surface area contributed by atoms with E-state index in [1.54, 1.807) is 0 Å². The summed E-state index contributed by atoms with van der Waals surface area (Å²) in [7, 11) is 0. The first-order chi connectivity index (χ1) is 12.8. The van der Waals surface area contributed by atoms with Crippen LogP contribution in [0.3, 0.4) is 0 Å². The molecule has 1 atom stereocenters. The first-order valence-corrected chi connectivity index (χ1v) is 8.85. The van der Waals surface area contributed by atoms with Crippen LogP contribution in [0.15, 0.2) is 24.3 Å². The maximum absolute atomic E-state index is 12.7. The van der Waals surface area contributed by atoms with Crippen molar-refractivity contribution in [1.29, 1.82) is 0 Å². The number of alkyl halides is 3. The minimum absolute atomic E-state index is 0.0166. The van der Waals surface area contributed by atoms with Gasteiger partial charge in [0.25, 0.3) is 0 Å². The van der Waals surface area contributed by atoms with Crippen LogP contribution in [-0.4, -0.2) is 17.9 Å². The average Bonchev–Trinajstić information content (AvgIpc) is 3.20. The van der Waals surface area contributed by atoms with Gasteiger partial charge in [0, 0.05) is 29.7 Å². The Morgan fingerprint density at radius 2 is 1.89 bits per heavy atom. The average molecular weight is 379 g/mol. The lowest BCUT2D eigenvalue weighted by Gasteiger charge is -2.19. The number of benzene rings is 2. The van der Waals surface area contributed by atoms with Gasteiger partial charge in [-0.1, -0.05) is 0 Å². The fourth-order valence-corrected chi connectivity index (χ4v) is 3.81. The number of phenolic OH excluding ortho intramolecular Hbond substituents is 1. The van der Waals surface area contributed by atoms with Crippen LogP contribution in [0, 0.1) is 13.8 Å². The Hall–Kier alpha value is -2.57. The number of fused-ring (bicyclic) bond motifs is 3. The summed E-state index contributed by atoms with van der Waals surface area (Å²) in [5, 5.41) is 10.7. The molecule has 1 N–H and O–H groups in total. The molecule has 144 valence electrons. The van der Waals surface area contributed by atoms with Crippen LogP contribution >= 0.6 is 0 Å². The Balaban J connectivity index is 1.58. The zero-order valence-electron chi connectivity index (χ0n) is 15.1. The maximum atomic E-state index is 12.7. The molecule has 4 rings (SSSR count). The summed E-state index contributed by atoms with van der Waals surface area (Å²) in [6.07, 6.45) is -2.36. The van der Waals surface area contributed by atoms with Gasteiger partial charge < -0.3 is 19.5 Å². The van der Waals surface area contributed by atoms with Gasteiger partial charge in [0.2, 0.25) is 0 Å². The van der Waals surface area contributed by atoms with Crippen molar-refractivity contribution in [3.8, 4) is 17.2 Å². The molecule has 1 saturated heterocycles. The molecule has 1 unspecified atom stereocenters. The number of anilines is 1. The molecule has 27 heavy (non-hydrogen) atoms. The lowest BCUT2D eigenvalue weighted by atomic mass is 10.0. The van der Waals surface area contributed by atoms with Crippen LogP contribution in [0.4, 0.5) is 18.9 Å². The lowest BCUT2D eigenvalue weighted by Crippen LogP contribution is -2.27. The van der Waals surface area contributed by atoms with E-state index in [0.29, 0.717) is 11.3 Å². The SMILES string of the molecule is Cc1c(COc2ccc(C(F)(F)F)cc2)c(O)c(C)c2c1OC1CCCN21. The van der Waals surface area contributed by atoms with E-state index in [9.17, 15) is 18.3 Å². The summed E-state index contributed by atoms with van der Waals surface area (Å²) >= 11 is 0. The third kappa shape index (κ3) is 2.95. The van der Waals surface area contributed by atoms with E-state index in [0.717, 1.165) is 54.1 Å². The Bertz CT molecular complexity index is 878. The molecule has 0 aliphatic carbocycles. The summed E-state index contributed by atoms with van der Waals surface area (Å²) in [6, 6.07) is 4.52. The van der Waals surface area contributed by atoms with Crippen LogP contribution < -0.4 is 14.4 Å². The lowest BCUT2D eigenvalue weighted by molar-refractivity contribution is -0.137. The van der Waals surface area contributed by atoms with Crippen LogP contribution in [0.5, 0.6) is 17.2 Å². The number of phenols is 1. The Morgan fingerprint density at radius 3 is 2.56 bits per heavy atom. The van der Waals surface area contributed by atoms with Gasteiger partial charge in [-0.2, -0.15) is 13.2 Å². The van der Waals surface area contributed by atoms with Crippen LogP contribution in [0.1, 0.15) is 35.1 Å². The van der Waals surface area contributed by atoms with E-state index < -0.39 is 11.7 Å². The number of halogens is 3. The van der Waals surface area contributed by atoms with Crippen molar-refractivity contribution in [2.75, 3.05) is 11.4 Å². The fraction of sp³-hybridized carbons (Fsp3) is 0.400. The number of rotatable bonds is 3. The van der Waals surface area contributed by atoms with Crippen molar-refractivity contribution in [2.45, 2.75) is 45.7 Å². The number of hydrogen-bond acceptors (Lipinski definition) is 4. The molecule has 2 aliphatic rings. The smallest absolute Gasteiger partial charge is 0.416 e. The zero-order valence-corrected chi connectivity index (χ0v) is 15.1. The summed E-state index contributed by atoms with van der Waals surface area (Å²) in [6.45, 7) is 4.66. The molecule has 2 heterocycles. The topological polar surface area (TPSA) is 41.9 Å². The molecular weight excluding hydrogens is 359 g/mol. The van der Waals surface area contributed by atoms with Gasteiger partial charge in [-0.15, -0.1) is 0 Å². The highest BCUT2D eigenvalue weighted by Crippen LogP contribution is 2.50. The summed E-state index contributed by atoms with van der Waals surface area (Å²) in [5.41, 5.74) is 2.34. The molecule has 1 fully saturated rings. The van der Waals surface area contributed by atoms with Crippen molar-refractivity contribution in [1.82, 2.24) is 0 Å². The second-order valence-electron chi connectivity index (χ2n) is 6.97. The quantitative estimate of drug-likeness (QED) is 0.822. The Labute approximate surface area is 155 Å². The highest BCUT2D eigenvalue weighted by molar-refractivity contribution is 5.75. The van der Waals surface area contributed by atoms with Crippen molar-refractivity contribution < 1.29 is 27.8 Å². The molecule has 7 heteroatoms. The first-order valence-electron chi connectivity index (χ1n) is 8.85. The molecule has 0 aromatic heterocycles. The molecule has 2 aliphatic heterocycles. The van der Waals surface area contributed by atoms with Crippen LogP contribution in [0.25, 0.3) is 0 Å². The molecule has 0 spiro atoms. The number of nitrogens with zero attached hydrogens (tertiary/aromatic N) is 1. The van der Waals surface area contributed by atoms with Gasteiger partial charge in [0.15, 0.2) is 6.23 Å². The first kappa shape index (κ1) is 17.8. The van der Waals surface area contributed by atoms with Gasteiger partial charge in [-0.25, -0.2) is 0 Å². The second kappa shape index (κ2) is 6.25. The number of ether oxygens (including phenoxy) is 2. The largest absolute Gasteiger partial charge is 0.507 e. The van der Waals surface area contributed by atoms with E-state index in [2.05, 4.69) is 4.90 Å². The van der Waals surface area contributed by atoms with Crippen molar-refractivity contribution in [3.05, 3.63) is 46.5 Å². The second-order valence-corrected chi connectivity index (χ2v) is 6.97. The van der Waals surface area contributed by atoms with Crippen molar-refractivity contribution in [2.24, 2.45) is 0 Å². The van der Waals surface area contributed by atoms with Crippen LogP contribution in [0.2, 0.25) is 0 Å². The van der Waals surface area contributed by atoms with E-state index in [1.807, 2.05) is 13.8 Å². The van der Waals surface area contributed by atoms with E-state index in [-0.39, 0.29) is 18.6 Å². The van der Waals surface area contributed by atoms with E-state index in [1.165, 1.54) is 12.1 Å². The predicted molar refractivity (Wildman–Crippen MR) is 94.4 cm³/mol. The molecule has 0 radical (unpaired) electrons. The maximum Gasteiger partial charge on any atom is 0.416 e. The Kier molecular flexibility index (Phi) is 4.13. The molecule has 4 nitrogen and oxygen atoms in total. The molecule has 2 aromatic rings. The third-order valence-corrected chi connectivity index (χ3v) is 5.31. The minimum Gasteiger partial charge on any atom is -0.507 e. The standard InChI is InChI=1S/C20H20F3NO3/c1-11-15(10-26-14-7-5-13(6-8-14)20(21,22)23)18(25)12(2)17-19(11)27-16-4-3-9-24(16)17/h5-8,16,25H,3-4,9-10H2,1-2H3. The van der Waals surface area contributed by atoms with Gasteiger partial charge in [-0.05, 0) is 44.5 Å². The van der Waals surface area contributed by atoms with E-state index >= 15 is 0 Å². The zero-order chi connectivity index (χ0) is 19.3. The number of hydrogen-bond donors (Lipinski definition) is 1. The van der Waals surface area contributed by atoms with Gasteiger partial charge in [0.05, 0.1) is 11.3 Å². The highest BCUT2D eigenvalue weighted by atomic mass is 19.4. The molecule has 0 bridgehead atoms. The van der Waals surface area contributed by atoms with Gasteiger partial charge in [-0.3, -0.25) is 0 Å². The third-order valence-electron chi connectivity index (χ3n) is 5.31. The normalized spacial score (nSPS) is 18.3. The molecule has 0 amide bonds. The Morgan fingerprint density at radius 1 is 1.19 bits per heavy atom. The van der Waals surface area contributed by atoms with Gasteiger partial charge >= 0.3 is 6.18 Å². The molecule has 2 aromatic carbocycles. The van der Waals surface area contributed by atoms with Gasteiger partial charge in [0.1, 0.15) is 23.9 Å². The monoisotopic (exact) mass is 379 g/mol. The summed E-state index contributed by atoms with van der Waals surface area (Å²) in [4.78, 5) is 2.18. The minimum atomic E-state index is -4.38. The van der Waals surface area contributed by atoms with E-state index in [4.69, 9.17) is 9.47 Å². The highest BCUT2D eigenvalue weighted by Gasteiger charge is 2.39. The van der Waals surface area contributed by atoms with Crippen molar-refractivity contribution in [3.63, 3.8) is 0 Å². The summed E-state index contributed by atoms with van der Waals surface area (Å²) < 4.78 is 49.7. The number of aromatic hydroxyl groups is 1.